The van der Waals surface area contributed by atoms with E-state index in [-0.39, 0.29) is 42.0 Å². The molecule has 2 aromatic heterocycles. The van der Waals surface area contributed by atoms with Gasteiger partial charge in [0.1, 0.15) is 31.0 Å². The van der Waals surface area contributed by atoms with Crippen LogP contribution < -0.4 is 10.1 Å². The van der Waals surface area contributed by atoms with Gasteiger partial charge in [0.05, 0.1) is 55.8 Å². The van der Waals surface area contributed by atoms with E-state index in [1.807, 2.05) is 18.2 Å². The zero-order chi connectivity index (χ0) is 35.3. The maximum atomic E-state index is 13.1. The monoisotopic (exact) mass is 714 g/mol. The summed E-state index contributed by atoms with van der Waals surface area (Å²) in [7, 11) is 3.39. The average Bonchev–Trinajstić information content (AvgIpc) is 3.45. The summed E-state index contributed by atoms with van der Waals surface area (Å²) in [6.07, 6.45) is 0.427. The van der Waals surface area contributed by atoms with E-state index in [4.69, 9.17) is 27.9 Å². The zero-order valence-electron chi connectivity index (χ0n) is 26.2. The van der Waals surface area contributed by atoms with E-state index in [0.29, 0.717) is 43.9 Å². The predicted molar refractivity (Wildman–Crippen MR) is 180 cm³/mol. The van der Waals surface area contributed by atoms with Gasteiger partial charge in [0.25, 0.3) is 0 Å². The summed E-state index contributed by atoms with van der Waals surface area (Å²) in [6.45, 7) is 0.459. The Morgan fingerprint density at radius 3 is 2.63 bits per heavy atom. The standard InChI is InChI=1S/C33H29Cl2F3N7O4/c1-45(2,17-21-12-30(33(36,37)38)43-32(21)44(47)48)10-4-7-25(46)13-24-14-26-28(16-39-24)40-19-41-31(26)42-23-8-9-29(27(35)15-23)49-18-20-5-3-6-22(34)11-20/h3-9,11,14-16,19H,10,12-13,17-18H2,1-2H3,(H,40,41,42)/q+1/b7-4+. The summed E-state index contributed by atoms with van der Waals surface area (Å²) in [5.41, 5.74) is 1.33. The number of nitrogens with one attached hydrogen (secondary N) is 1. The van der Waals surface area contributed by atoms with E-state index >= 15 is 0 Å². The summed E-state index contributed by atoms with van der Waals surface area (Å²) in [4.78, 5) is 39.4. The van der Waals surface area contributed by atoms with Crippen molar-refractivity contribution in [2.24, 2.45) is 4.99 Å². The van der Waals surface area contributed by atoms with Crippen LogP contribution in [-0.4, -0.2) is 69.2 Å². The fourth-order valence-corrected chi connectivity index (χ4v) is 5.54. The van der Waals surface area contributed by atoms with Crippen molar-refractivity contribution in [2.45, 2.75) is 25.6 Å². The minimum Gasteiger partial charge on any atom is -0.487 e. The topological polar surface area (TPSA) is 132 Å². The number of allylic oxidation sites excluding steroid dienone is 1. The van der Waals surface area contributed by atoms with Crippen LogP contribution in [0.15, 0.2) is 89.6 Å². The third-order valence-electron chi connectivity index (χ3n) is 7.37. The third-order valence-corrected chi connectivity index (χ3v) is 7.90. The van der Waals surface area contributed by atoms with Crippen molar-refractivity contribution < 1.29 is 32.1 Å². The third kappa shape index (κ3) is 9.37. The number of nitro groups is 1. The molecule has 4 aromatic rings. The van der Waals surface area contributed by atoms with Gasteiger partial charge in [-0.2, -0.15) is 13.2 Å². The largest absolute Gasteiger partial charge is 0.487 e. The summed E-state index contributed by atoms with van der Waals surface area (Å²) in [6, 6.07) is 14.2. The van der Waals surface area contributed by atoms with E-state index in [1.165, 1.54) is 18.6 Å². The van der Waals surface area contributed by atoms with E-state index < -0.39 is 29.1 Å². The van der Waals surface area contributed by atoms with E-state index in [9.17, 15) is 28.1 Å². The zero-order valence-corrected chi connectivity index (χ0v) is 27.7. The van der Waals surface area contributed by atoms with Gasteiger partial charge in [-0.25, -0.2) is 9.97 Å². The molecule has 1 N–H and O–H groups in total. The lowest BCUT2D eigenvalue weighted by Crippen LogP contribution is -2.41. The highest BCUT2D eigenvalue weighted by molar-refractivity contribution is 6.32. The molecule has 3 heterocycles. The van der Waals surface area contributed by atoms with Gasteiger partial charge in [-0.1, -0.05) is 35.3 Å². The fraction of sp³-hybridized carbons (Fsp3) is 0.242. The quantitative estimate of drug-likeness (QED) is 0.0661. The number of likely N-dealkylation sites (N-methyl/N-ethyl adjacent to an activating group) is 1. The molecule has 0 bridgehead atoms. The molecule has 16 heteroatoms. The van der Waals surface area contributed by atoms with Crippen LogP contribution in [0.2, 0.25) is 10.0 Å². The molecule has 2 aromatic carbocycles. The van der Waals surface area contributed by atoms with Gasteiger partial charge in [-0.3, -0.25) is 9.78 Å². The number of anilines is 2. The van der Waals surface area contributed by atoms with Crippen LogP contribution >= 0.6 is 23.2 Å². The normalized spacial score (nSPS) is 13.7. The minimum atomic E-state index is -4.75. The number of carbonyl (C=O) groups is 1. The molecule has 0 aliphatic carbocycles. The smallest absolute Gasteiger partial charge is 0.454 e. The maximum Gasteiger partial charge on any atom is 0.454 e. The number of quaternary nitrogens is 1. The van der Waals surface area contributed by atoms with Gasteiger partial charge < -0.3 is 24.7 Å². The number of nitrogens with zero attached hydrogens (tertiary/aromatic N) is 6. The Morgan fingerprint density at radius 2 is 1.92 bits per heavy atom. The van der Waals surface area contributed by atoms with Gasteiger partial charge >= 0.3 is 12.0 Å². The first kappa shape index (κ1) is 35.4. The molecule has 0 amide bonds. The molecule has 5 rings (SSSR count). The highest BCUT2D eigenvalue weighted by Crippen LogP contribution is 2.32. The van der Waals surface area contributed by atoms with Gasteiger partial charge in [0.2, 0.25) is 5.71 Å². The van der Waals surface area contributed by atoms with Crippen molar-refractivity contribution in [3.63, 3.8) is 0 Å². The molecule has 0 saturated carbocycles. The highest BCUT2D eigenvalue weighted by atomic mass is 35.5. The van der Waals surface area contributed by atoms with Gasteiger partial charge in [-0.05, 0) is 64.0 Å². The highest BCUT2D eigenvalue weighted by Gasteiger charge is 2.47. The summed E-state index contributed by atoms with van der Waals surface area (Å²) in [5, 5.41) is 16.1. The summed E-state index contributed by atoms with van der Waals surface area (Å²) in [5.74, 6) is -0.0983. The Hall–Kier alpha value is -4.92. The minimum absolute atomic E-state index is 0.0191. The molecule has 11 nitrogen and oxygen atoms in total. The van der Waals surface area contributed by atoms with Crippen LogP contribution in [0.1, 0.15) is 17.7 Å². The second-order valence-corrected chi connectivity index (χ2v) is 12.7. The van der Waals surface area contributed by atoms with Crippen LogP contribution in [0.25, 0.3) is 10.9 Å². The number of hydrogen-bond acceptors (Lipinski definition) is 9. The Labute approximate surface area is 288 Å². The van der Waals surface area contributed by atoms with Gasteiger partial charge in [0, 0.05) is 21.8 Å². The molecule has 0 unspecified atom stereocenters. The Balaban J connectivity index is 1.21. The number of halogens is 5. The number of ketones is 1. The number of aliphatic imine (C=N–C) groups is 1. The van der Waals surface area contributed by atoms with Gasteiger partial charge in [-0.15, -0.1) is 0 Å². The second kappa shape index (κ2) is 14.7. The van der Waals surface area contributed by atoms with Crippen molar-refractivity contribution in [1.29, 1.82) is 0 Å². The lowest BCUT2D eigenvalue weighted by molar-refractivity contribution is -0.880. The van der Waals surface area contributed by atoms with E-state index in [1.54, 1.807) is 50.5 Å². The number of ether oxygens (including phenoxy) is 1. The predicted octanol–water partition coefficient (Wildman–Crippen LogP) is 7.29. The van der Waals surface area contributed by atoms with Crippen molar-refractivity contribution in [2.75, 3.05) is 32.5 Å². The fourth-order valence-electron chi connectivity index (χ4n) is 5.09. The molecule has 1 aliphatic rings. The molecule has 0 fully saturated rings. The maximum absolute atomic E-state index is 13.1. The molecule has 254 valence electrons. The number of pyridine rings is 1. The first-order chi connectivity index (χ1) is 23.2. The number of aromatic nitrogens is 3. The Morgan fingerprint density at radius 1 is 1.12 bits per heavy atom. The number of carbonyl (C=O) groups excluding carboxylic acids is 1. The van der Waals surface area contributed by atoms with E-state index in [0.717, 1.165) is 5.56 Å². The lowest BCUT2D eigenvalue weighted by atomic mass is 10.1. The number of alkyl halides is 3. The number of fused-ring (bicyclic) bond motifs is 1. The van der Waals surface area contributed by atoms with Crippen LogP contribution in [-0.2, 0) is 17.8 Å². The molecule has 0 atom stereocenters. The summed E-state index contributed by atoms with van der Waals surface area (Å²) >= 11 is 12.5. The van der Waals surface area contributed by atoms with Crippen molar-refractivity contribution >= 4 is 57.1 Å². The molecular weight excluding hydrogens is 686 g/mol. The van der Waals surface area contributed by atoms with Crippen molar-refractivity contribution in [1.82, 2.24) is 15.0 Å². The van der Waals surface area contributed by atoms with Crippen LogP contribution in [0, 0.1) is 10.1 Å². The van der Waals surface area contributed by atoms with Crippen LogP contribution in [0.3, 0.4) is 0 Å². The molecule has 1 aliphatic heterocycles. The molecule has 0 spiro atoms. The average molecular weight is 716 g/mol. The van der Waals surface area contributed by atoms with E-state index in [2.05, 4.69) is 25.3 Å². The lowest BCUT2D eigenvalue weighted by Gasteiger charge is -2.28. The number of rotatable bonds is 13. The molecular formula is C33H29Cl2F3N7O4+. The number of hydrogen-bond donors (Lipinski definition) is 1. The summed E-state index contributed by atoms with van der Waals surface area (Å²) < 4.78 is 45.3. The Kier molecular flexibility index (Phi) is 10.6. The number of benzene rings is 2. The first-order valence-electron chi connectivity index (χ1n) is 14.7. The molecule has 49 heavy (non-hydrogen) atoms. The van der Waals surface area contributed by atoms with Crippen LogP contribution in [0.5, 0.6) is 5.75 Å². The second-order valence-electron chi connectivity index (χ2n) is 11.8. The molecule has 0 saturated heterocycles. The van der Waals surface area contributed by atoms with Crippen molar-refractivity contribution in [3.05, 3.63) is 116 Å². The van der Waals surface area contributed by atoms with Crippen molar-refractivity contribution in [3.8, 4) is 5.75 Å². The molecule has 0 radical (unpaired) electrons. The van der Waals surface area contributed by atoms with Crippen LogP contribution in [0.4, 0.5) is 24.7 Å². The Bertz CT molecular complexity index is 2020. The first-order valence-corrected chi connectivity index (χ1v) is 15.5. The SMILES string of the molecule is C[N+](C)(C/C=C/C(=O)Cc1cc2c(Nc3ccc(OCc4cccc(Cl)c4)c(Cl)c3)ncnc2cn1)CC1=C([N+](=O)[O-])N=C(C(F)(F)F)C1. The van der Waals surface area contributed by atoms with Gasteiger partial charge in [0.15, 0.2) is 5.78 Å².